The van der Waals surface area contributed by atoms with Gasteiger partial charge in [0.15, 0.2) is 17.5 Å². The van der Waals surface area contributed by atoms with Crippen LogP contribution in [0.2, 0.25) is 0 Å². The average molecular weight is 261 g/mol. The van der Waals surface area contributed by atoms with E-state index in [4.69, 9.17) is 9.47 Å². The van der Waals surface area contributed by atoms with E-state index < -0.39 is 6.04 Å². The third-order valence-electron chi connectivity index (χ3n) is 3.11. The largest absolute Gasteiger partial charge is 0.490 e. The van der Waals surface area contributed by atoms with Crippen molar-refractivity contribution in [3.63, 3.8) is 0 Å². The highest BCUT2D eigenvalue weighted by Crippen LogP contribution is 2.32. The number of nitrogens with one attached hydrogen (secondary N) is 2. The Hall–Kier alpha value is -2.24. The fourth-order valence-corrected chi connectivity index (χ4v) is 2.14. The Morgan fingerprint density at radius 1 is 1.26 bits per heavy atom. The Morgan fingerprint density at radius 2 is 2.05 bits per heavy atom. The maximum atomic E-state index is 11.9. The Labute approximate surface area is 110 Å². The molecule has 0 radical (unpaired) electrons. The number of amides is 1. The predicted octanol–water partition coefficient (Wildman–Crippen LogP) is 0.594. The number of carbonyl (C=O) groups is 1. The first-order valence-electron chi connectivity index (χ1n) is 6.21. The summed E-state index contributed by atoms with van der Waals surface area (Å²) in [4.78, 5) is 15.8. The molecule has 2 aliphatic heterocycles. The Morgan fingerprint density at radius 3 is 2.79 bits per heavy atom. The Kier molecular flexibility index (Phi) is 2.98. The normalized spacial score (nSPS) is 23.7. The topological polar surface area (TPSA) is 72.0 Å². The van der Waals surface area contributed by atoms with Crippen LogP contribution in [0.15, 0.2) is 23.2 Å². The van der Waals surface area contributed by atoms with E-state index in [9.17, 15) is 4.79 Å². The van der Waals surface area contributed by atoms with Gasteiger partial charge < -0.3 is 14.8 Å². The zero-order valence-corrected chi connectivity index (χ0v) is 10.6. The number of rotatable bonds is 1. The van der Waals surface area contributed by atoms with Gasteiger partial charge in [-0.1, -0.05) is 6.07 Å². The van der Waals surface area contributed by atoms with Crippen molar-refractivity contribution in [2.24, 2.45) is 4.99 Å². The molecule has 100 valence electrons. The van der Waals surface area contributed by atoms with Crippen LogP contribution in [0.3, 0.4) is 0 Å². The van der Waals surface area contributed by atoms with Crippen molar-refractivity contribution in [1.29, 1.82) is 0 Å². The first-order chi connectivity index (χ1) is 9.28. The van der Waals surface area contributed by atoms with E-state index in [1.807, 2.05) is 18.2 Å². The minimum absolute atomic E-state index is 0.116. The SMILES string of the molecule is CN=C1NC(=O)C(c2ccc3c(c2)OCCCO3)N1. The maximum Gasteiger partial charge on any atom is 0.253 e. The van der Waals surface area contributed by atoms with Crippen LogP contribution in [0.1, 0.15) is 18.0 Å². The summed E-state index contributed by atoms with van der Waals surface area (Å²) in [5, 5.41) is 5.69. The molecule has 0 aromatic heterocycles. The molecule has 0 spiro atoms. The van der Waals surface area contributed by atoms with Gasteiger partial charge in [0.25, 0.3) is 5.91 Å². The van der Waals surface area contributed by atoms with Crippen molar-refractivity contribution in [3.05, 3.63) is 23.8 Å². The molecule has 2 heterocycles. The lowest BCUT2D eigenvalue weighted by Crippen LogP contribution is -2.24. The molecule has 1 amide bonds. The molecule has 6 nitrogen and oxygen atoms in total. The standard InChI is InChI=1S/C13H15N3O3/c1-14-13-15-11(12(17)16-13)8-3-4-9-10(7-8)19-6-2-5-18-9/h3-4,7,11H,2,5-6H2,1H3,(H2,14,15,16,17). The Bertz CT molecular complexity index is 542. The number of nitrogens with zero attached hydrogens (tertiary/aromatic N) is 1. The van der Waals surface area contributed by atoms with Gasteiger partial charge >= 0.3 is 0 Å². The Balaban J connectivity index is 1.90. The second-order valence-corrected chi connectivity index (χ2v) is 4.40. The number of aliphatic imine (C=N–C) groups is 1. The second kappa shape index (κ2) is 4.79. The summed E-state index contributed by atoms with van der Waals surface area (Å²) in [6.07, 6.45) is 0.860. The van der Waals surface area contributed by atoms with Crippen molar-refractivity contribution in [3.8, 4) is 11.5 Å². The van der Waals surface area contributed by atoms with Gasteiger partial charge in [0.05, 0.1) is 13.2 Å². The molecule has 2 aliphatic rings. The van der Waals surface area contributed by atoms with Crippen LogP contribution in [0.5, 0.6) is 11.5 Å². The fraction of sp³-hybridized carbons (Fsp3) is 0.385. The minimum atomic E-state index is -0.434. The molecule has 0 bridgehead atoms. The summed E-state index contributed by atoms with van der Waals surface area (Å²) in [6, 6.07) is 5.11. The molecule has 1 atom stereocenters. The lowest BCUT2D eigenvalue weighted by atomic mass is 10.1. The molecule has 3 rings (SSSR count). The molecular formula is C13H15N3O3. The highest BCUT2D eigenvalue weighted by Gasteiger charge is 2.30. The number of hydrogen-bond acceptors (Lipinski definition) is 4. The number of hydrogen-bond donors (Lipinski definition) is 2. The number of ether oxygens (including phenoxy) is 2. The first kappa shape index (κ1) is 11.8. The highest BCUT2D eigenvalue weighted by molar-refractivity contribution is 6.06. The van der Waals surface area contributed by atoms with E-state index in [1.165, 1.54) is 0 Å². The second-order valence-electron chi connectivity index (χ2n) is 4.40. The third-order valence-corrected chi connectivity index (χ3v) is 3.11. The van der Waals surface area contributed by atoms with Gasteiger partial charge in [-0.2, -0.15) is 0 Å². The molecule has 2 N–H and O–H groups in total. The molecular weight excluding hydrogens is 246 g/mol. The zero-order valence-electron chi connectivity index (χ0n) is 10.6. The molecule has 6 heteroatoms. The molecule has 1 aromatic rings. The van der Waals surface area contributed by atoms with E-state index in [-0.39, 0.29) is 5.91 Å². The van der Waals surface area contributed by atoms with Crippen LogP contribution in [0.25, 0.3) is 0 Å². The van der Waals surface area contributed by atoms with E-state index in [2.05, 4.69) is 15.6 Å². The average Bonchev–Trinajstić information content (AvgIpc) is 2.66. The van der Waals surface area contributed by atoms with Crippen molar-refractivity contribution in [2.75, 3.05) is 20.3 Å². The van der Waals surface area contributed by atoms with E-state index in [1.54, 1.807) is 7.05 Å². The lowest BCUT2D eigenvalue weighted by Gasteiger charge is -2.12. The monoisotopic (exact) mass is 261 g/mol. The molecule has 1 fully saturated rings. The maximum absolute atomic E-state index is 11.9. The molecule has 19 heavy (non-hydrogen) atoms. The van der Waals surface area contributed by atoms with Gasteiger partial charge in [-0.25, -0.2) is 0 Å². The highest BCUT2D eigenvalue weighted by atomic mass is 16.5. The summed E-state index contributed by atoms with van der Waals surface area (Å²) in [7, 11) is 1.62. The third kappa shape index (κ3) is 2.21. The zero-order chi connectivity index (χ0) is 13.2. The summed E-state index contributed by atoms with van der Waals surface area (Å²) in [6.45, 7) is 1.28. The van der Waals surface area contributed by atoms with Gasteiger partial charge in [-0.05, 0) is 17.7 Å². The van der Waals surface area contributed by atoms with Gasteiger partial charge in [0, 0.05) is 13.5 Å². The van der Waals surface area contributed by atoms with Gasteiger partial charge in [0.1, 0.15) is 6.04 Å². The number of benzene rings is 1. The van der Waals surface area contributed by atoms with E-state index >= 15 is 0 Å². The molecule has 1 aromatic carbocycles. The number of fused-ring (bicyclic) bond motifs is 1. The van der Waals surface area contributed by atoms with Gasteiger partial charge in [-0.3, -0.25) is 15.1 Å². The molecule has 1 unspecified atom stereocenters. The molecule has 0 aliphatic carbocycles. The first-order valence-corrected chi connectivity index (χ1v) is 6.21. The van der Waals surface area contributed by atoms with Crippen molar-refractivity contribution >= 4 is 11.9 Å². The van der Waals surface area contributed by atoms with Crippen LogP contribution in [-0.4, -0.2) is 32.1 Å². The molecule has 0 saturated carbocycles. The predicted molar refractivity (Wildman–Crippen MR) is 69.4 cm³/mol. The number of guanidine groups is 1. The summed E-state index contributed by atoms with van der Waals surface area (Å²) in [5.41, 5.74) is 0.834. The van der Waals surface area contributed by atoms with E-state index in [0.29, 0.717) is 24.9 Å². The summed E-state index contributed by atoms with van der Waals surface area (Å²) >= 11 is 0. The van der Waals surface area contributed by atoms with E-state index in [0.717, 1.165) is 17.7 Å². The van der Waals surface area contributed by atoms with Crippen LogP contribution in [-0.2, 0) is 4.79 Å². The summed E-state index contributed by atoms with van der Waals surface area (Å²) < 4.78 is 11.2. The van der Waals surface area contributed by atoms with Crippen molar-refractivity contribution < 1.29 is 14.3 Å². The van der Waals surface area contributed by atoms with Crippen molar-refractivity contribution in [1.82, 2.24) is 10.6 Å². The minimum Gasteiger partial charge on any atom is -0.490 e. The lowest BCUT2D eigenvalue weighted by molar-refractivity contribution is -0.120. The van der Waals surface area contributed by atoms with Crippen LogP contribution >= 0.6 is 0 Å². The number of carbonyl (C=O) groups excluding carboxylic acids is 1. The fourth-order valence-electron chi connectivity index (χ4n) is 2.14. The summed E-state index contributed by atoms with van der Waals surface area (Å²) in [5.74, 6) is 1.78. The quantitative estimate of drug-likeness (QED) is 0.776. The van der Waals surface area contributed by atoms with Crippen LogP contribution < -0.4 is 20.1 Å². The van der Waals surface area contributed by atoms with Gasteiger partial charge in [0.2, 0.25) is 0 Å². The smallest absolute Gasteiger partial charge is 0.253 e. The van der Waals surface area contributed by atoms with Gasteiger partial charge in [-0.15, -0.1) is 0 Å². The molecule has 1 saturated heterocycles. The van der Waals surface area contributed by atoms with Crippen LogP contribution in [0.4, 0.5) is 0 Å². The van der Waals surface area contributed by atoms with Crippen molar-refractivity contribution in [2.45, 2.75) is 12.5 Å². The van der Waals surface area contributed by atoms with Crippen LogP contribution in [0, 0.1) is 0 Å².